The maximum Gasteiger partial charge on any atom is 0.240 e. The summed E-state index contributed by atoms with van der Waals surface area (Å²) in [5.41, 5.74) is -0.0197. The first-order valence-corrected chi connectivity index (χ1v) is 9.01. The second kappa shape index (κ2) is 6.04. The predicted molar refractivity (Wildman–Crippen MR) is 80.6 cm³/mol. The summed E-state index contributed by atoms with van der Waals surface area (Å²) in [5, 5.41) is 3.34. The Balaban J connectivity index is 1.56. The first-order chi connectivity index (χ1) is 10.1. The molecule has 2 fully saturated rings. The molecule has 0 unspecified atom stereocenters. The Bertz CT molecular complexity index is 568. The van der Waals surface area contributed by atoms with Crippen molar-refractivity contribution in [2.45, 2.75) is 42.3 Å². The summed E-state index contributed by atoms with van der Waals surface area (Å²) in [5.74, 6) is 0. The summed E-state index contributed by atoms with van der Waals surface area (Å²) < 4.78 is 33.2. The molecule has 2 heterocycles. The Morgan fingerprint density at radius 1 is 1.19 bits per heavy atom. The van der Waals surface area contributed by atoms with E-state index in [-0.39, 0.29) is 11.7 Å². The van der Waals surface area contributed by atoms with Crippen LogP contribution in [-0.4, -0.2) is 39.8 Å². The molecule has 0 bridgehead atoms. The average molecular weight is 310 g/mol. The fourth-order valence-electron chi connectivity index (χ4n) is 3.18. The number of hydrogen-bond acceptors (Lipinski definition) is 4. The lowest BCUT2D eigenvalue weighted by Gasteiger charge is -2.33. The topological polar surface area (TPSA) is 67.4 Å². The lowest BCUT2D eigenvalue weighted by molar-refractivity contribution is -0.0567. The van der Waals surface area contributed by atoms with Gasteiger partial charge in [-0.15, -0.1) is 0 Å². The van der Waals surface area contributed by atoms with E-state index in [0.29, 0.717) is 11.4 Å². The lowest BCUT2D eigenvalue weighted by atomic mass is 9.89. The minimum absolute atomic E-state index is 0.0124. The minimum Gasteiger partial charge on any atom is -0.370 e. The van der Waals surface area contributed by atoms with Gasteiger partial charge in [-0.2, -0.15) is 0 Å². The van der Waals surface area contributed by atoms with Gasteiger partial charge in [0.05, 0.1) is 16.6 Å². The van der Waals surface area contributed by atoms with Crippen molar-refractivity contribution in [3.8, 4) is 0 Å². The maximum absolute atomic E-state index is 12.2. The molecule has 5 nitrogen and oxygen atoms in total. The highest BCUT2D eigenvalue weighted by atomic mass is 32.2. The molecule has 1 aromatic rings. The highest BCUT2D eigenvalue weighted by molar-refractivity contribution is 7.89. The van der Waals surface area contributed by atoms with Crippen molar-refractivity contribution in [2.24, 2.45) is 0 Å². The molecule has 0 radical (unpaired) electrons. The van der Waals surface area contributed by atoms with Crippen LogP contribution in [-0.2, 0) is 14.8 Å². The number of hydrogen-bond donors (Lipinski definition) is 2. The van der Waals surface area contributed by atoms with Crippen LogP contribution in [0.5, 0.6) is 0 Å². The molecular formula is C15H22N2O3S. The van der Waals surface area contributed by atoms with Crippen LogP contribution >= 0.6 is 0 Å². The summed E-state index contributed by atoms with van der Waals surface area (Å²) in [6.45, 7) is 2.33. The second-order valence-corrected chi connectivity index (χ2v) is 7.64. The van der Waals surface area contributed by atoms with Crippen molar-refractivity contribution in [2.75, 3.05) is 19.6 Å². The highest BCUT2D eigenvalue weighted by Gasteiger charge is 2.40. The molecule has 0 amide bonds. The first-order valence-electron chi connectivity index (χ1n) is 7.53. The Morgan fingerprint density at radius 2 is 1.90 bits per heavy atom. The van der Waals surface area contributed by atoms with Crippen LogP contribution in [0, 0.1) is 0 Å². The fourth-order valence-corrected chi connectivity index (χ4v) is 4.26. The number of piperidine rings is 1. The first kappa shape index (κ1) is 15.0. The van der Waals surface area contributed by atoms with E-state index in [9.17, 15) is 8.42 Å². The quantitative estimate of drug-likeness (QED) is 0.879. The molecule has 2 N–H and O–H groups in total. The zero-order valence-corrected chi connectivity index (χ0v) is 12.9. The van der Waals surface area contributed by atoms with E-state index in [4.69, 9.17) is 4.74 Å². The van der Waals surface area contributed by atoms with Gasteiger partial charge < -0.3 is 10.1 Å². The molecule has 3 rings (SSSR count). The van der Waals surface area contributed by atoms with E-state index in [1.165, 1.54) is 0 Å². The van der Waals surface area contributed by atoms with Gasteiger partial charge in [0, 0.05) is 6.54 Å². The SMILES string of the molecule is O=S(=O)(NC[C@@H]1CCC2(CCNCC2)O1)c1ccccc1. The average Bonchev–Trinajstić information content (AvgIpc) is 2.90. The maximum atomic E-state index is 12.2. The third-order valence-electron chi connectivity index (χ3n) is 4.41. The molecule has 2 aliphatic rings. The Kier molecular flexibility index (Phi) is 4.31. The molecule has 1 aromatic carbocycles. The summed E-state index contributed by atoms with van der Waals surface area (Å²) in [6, 6.07) is 8.47. The zero-order chi connectivity index (χ0) is 14.8. The van der Waals surface area contributed by atoms with E-state index < -0.39 is 10.0 Å². The molecule has 0 aliphatic carbocycles. The number of rotatable bonds is 4. The van der Waals surface area contributed by atoms with Crippen LogP contribution in [0.15, 0.2) is 35.2 Å². The lowest BCUT2D eigenvalue weighted by Crippen LogP contribution is -2.43. The molecule has 0 saturated carbocycles. The van der Waals surface area contributed by atoms with E-state index >= 15 is 0 Å². The van der Waals surface area contributed by atoms with Crippen molar-refractivity contribution in [1.29, 1.82) is 0 Å². The van der Waals surface area contributed by atoms with E-state index in [0.717, 1.165) is 38.8 Å². The molecular weight excluding hydrogens is 288 g/mol. The van der Waals surface area contributed by atoms with Gasteiger partial charge in [-0.1, -0.05) is 18.2 Å². The van der Waals surface area contributed by atoms with Crippen molar-refractivity contribution < 1.29 is 13.2 Å². The van der Waals surface area contributed by atoms with E-state index in [1.54, 1.807) is 30.3 Å². The molecule has 116 valence electrons. The van der Waals surface area contributed by atoms with Gasteiger partial charge in [0.25, 0.3) is 0 Å². The third kappa shape index (κ3) is 3.45. The van der Waals surface area contributed by atoms with Crippen molar-refractivity contribution in [3.63, 3.8) is 0 Å². The van der Waals surface area contributed by atoms with Gasteiger partial charge >= 0.3 is 0 Å². The van der Waals surface area contributed by atoms with Gasteiger partial charge in [-0.05, 0) is 50.9 Å². The highest BCUT2D eigenvalue weighted by Crippen LogP contribution is 2.37. The standard InChI is InChI=1S/C15H22N2O3S/c18-21(19,14-4-2-1-3-5-14)17-12-13-6-7-15(20-13)8-10-16-11-9-15/h1-5,13,16-17H,6-12H2/t13-/m0/s1. The number of benzene rings is 1. The number of sulfonamides is 1. The van der Waals surface area contributed by atoms with Crippen molar-refractivity contribution in [1.82, 2.24) is 10.0 Å². The van der Waals surface area contributed by atoms with Gasteiger partial charge in [-0.3, -0.25) is 0 Å². The van der Waals surface area contributed by atoms with Crippen molar-refractivity contribution >= 4 is 10.0 Å². The van der Waals surface area contributed by atoms with Gasteiger partial charge in [-0.25, -0.2) is 13.1 Å². The van der Waals surface area contributed by atoms with E-state index in [1.807, 2.05) is 0 Å². The molecule has 21 heavy (non-hydrogen) atoms. The minimum atomic E-state index is -3.43. The Morgan fingerprint density at radius 3 is 2.62 bits per heavy atom. The van der Waals surface area contributed by atoms with Gasteiger partial charge in [0.15, 0.2) is 0 Å². The van der Waals surface area contributed by atoms with Gasteiger partial charge in [0.1, 0.15) is 0 Å². The smallest absolute Gasteiger partial charge is 0.240 e. The van der Waals surface area contributed by atoms with Crippen LogP contribution in [0.1, 0.15) is 25.7 Å². The monoisotopic (exact) mass is 310 g/mol. The van der Waals surface area contributed by atoms with Crippen molar-refractivity contribution in [3.05, 3.63) is 30.3 Å². The van der Waals surface area contributed by atoms with Crippen LogP contribution in [0.2, 0.25) is 0 Å². The molecule has 1 spiro atoms. The second-order valence-electron chi connectivity index (χ2n) is 5.88. The van der Waals surface area contributed by atoms with Crippen LogP contribution in [0.3, 0.4) is 0 Å². The Labute approximate surface area is 126 Å². The third-order valence-corrected chi connectivity index (χ3v) is 5.85. The van der Waals surface area contributed by atoms with Crippen LogP contribution < -0.4 is 10.0 Å². The van der Waals surface area contributed by atoms with Gasteiger partial charge in [0.2, 0.25) is 10.0 Å². The normalized spacial score (nSPS) is 25.2. The zero-order valence-electron chi connectivity index (χ0n) is 12.0. The largest absolute Gasteiger partial charge is 0.370 e. The fraction of sp³-hybridized carbons (Fsp3) is 0.600. The van der Waals surface area contributed by atoms with Crippen LogP contribution in [0.25, 0.3) is 0 Å². The summed E-state index contributed by atoms with van der Waals surface area (Å²) in [7, 11) is -3.43. The summed E-state index contributed by atoms with van der Waals surface area (Å²) in [4.78, 5) is 0.305. The predicted octanol–water partition coefficient (Wildman–Crippen LogP) is 1.27. The van der Waals surface area contributed by atoms with E-state index in [2.05, 4.69) is 10.0 Å². The summed E-state index contributed by atoms with van der Waals surface area (Å²) >= 11 is 0. The number of nitrogens with one attached hydrogen (secondary N) is 2. The molecule has 2 aliphatic heterocycles. The molecule has 2 saturated heterocycles. The Hall–Kier alpha value is -0.950. The molecule has 1 atom stereocenters. The molecule has 6 heteroatoms. The molecule has 0 aromatic heterocycles. The summed E-state index contributed by atoms with van der Waals surface area (Å²) in [6.07, 6.45) is 4.00. The van der Waals surface area contributed by atoms with Crippen LogP contribution in [0.4, 0.5) is 0 Å². The number of ether oxygens (including phenoxy) is 1.